The number of benzene rings is 1. The lowest BCUT2D eigenvalue weighted by molar-refractivity contribution is 0.394. The Morgan fingerprint density at radius 2 is 2.09 bits per heavy atom. The molecule has 0 saturated heterocycles. The summed E-state index contributed by atoms with van der Waals surface area (Å²) in [6.07, 6.45) is 0. The van der Waals surface area contributed by atoms with Crippen molar-refractivity contribution in [3.8, 4) is 17.2 Å². The summed E-state index contributed by atoms with van der Waals surface area (Å²) in [6, 6.07) is 4.41. The molecule has 0 aliphatic heterocycles. The van der Waals surface area contributed by atoms with Gasteiger partial charge in [0, 0.05) is 6.07 Å². The van der Waals surface area contributed by atoms with Crippen molar-refractivity contribution < 1.29 is 14.1 Å². The van der Waals surface area contributed by atoms with Crippen molar-refractivity contribution in [2.45, 2.75) is 0 Å². The van der Waals surface area contributed by atoms with E-state index in [1.807, 2.05) is 0 Å². The summed E-state index contributed by atoms with van der Waals surface area (Å²) in [6.45, 7) is 0. The molecule has 0 radical (unpaired) electrons. The first-order valence-corrected chi connectivity index (χ1v) is 3.24. The fourth-order valence-electron chi connectivity index (χ4n) is 0.726. The normalized spacial score (nSPS) is 9.27. The predicted molar refractivity (Wildman–Crippen MR) is 41.1 cm³/mol. The minimum Gasteiger partial charge on any atom is -0.508 e. The van der Waals surface area contributed by atoms with Crippen LogP contribution in [-0.2, 0) is 0 Å². The maximum absolute atomic E-state index is 8.97. The molecule has 60 valence electrons. The first kappa shape index (κ1) is 8.01. The van der Waals surface area contributed by atoms with Crippen molar-refractivity contribution in [2.24, 2.45) is 0 Å². The minimum atomic E-state index is 0.0847. The molecule has 0 aliphatic carbocycles. The molecule has 0 spiro atoms. The van der Waals surface area contributed by atoms with Gasteiger partial charge in [-0.25, -0.2) is 0 Å². The minimum absolute atomic E-state index is 0.0847. The van der Waals surface area contributed by atoms with Gasteiger partial charge in [0.15, 0.2) is 11.5 Å². The lowest BCUT2D eigenvalue weighted by Gasteiger charge is -2.03. The number of rotatable bonds is 2. The van der Waals surface area contributed by atoms with Gasteiger partial charge in [0.05, 0.1) is 7.11 Å². The summed E-state index contributed by atoms with van der Waals surface area (Å²) >= 11 is 5.09. The topological polar surface area (TPSA) is 38.7 Å². The van der Waals surface area contributed by atoms with Crippen LogP contribution < -0.4 is 9.03 Å². The summed E-state index contributed by atoms with van der Waals surface area (Å²) in [5.74, 6) is 0.869. The zero-order chi connectivity index (χ0) is 8.27. The molecular weight excluding hydrogens is 168 g/mol. The van der Waals surface area contributed by atoms with E-state index >= 15 is 0 Å². The van der Waals surface area contributed by atoms with Crippen molar-refractivity contribution in [2.75, 3.05) is 7.11 Å². The fourth-order valence-corrected chi connectivity index (χ4v) is 0.846. The number of halogens is 1. The number of hydrogen-bond acceptors (Lipinski definition) is 3. The van der Waals surface area contributed by atoms with Crippen LogP contribution in [0.4, 0.5) is 0 Å². The Hall–Kier alpha value is -1.09. The SMILES string of the molecule is COc1ccc(O)cc1OCl. The Labute approximate surface area is 69.3 Å². The van der Waals surface area contributed by atoms with Gasteiger partial charge in [-0.05, 0) is 12.1 Å². The van der Waals surface area contributed by atoms with E-state index in [1.165, 1.54) is 19.2 Å². The molecule has 0 fully saturated rings. The molecule has 0 saturated carbocycles. The van der Waals surface area contributed by atoms with Crippen molar-refractivity contribution in [3.63, 3.8) is 0 Å². The van der Waals surface area contributed by atoms with Crippen LogP contribution in [0.3, 0.4) is 0 Å². The molecule has 0 amide bonds. The second kappa shape index (κ2) is 3.34. The van der Waals surface area contributed by atoms with E-state index in [-0.39, 0.29) is 5.75 Å². The van der Waals surface area contributed by atoms with Gasteiger partial charge in [-0.15, -0.1) is 0 Å². The molecular formula is C7H7ClO3. The molecule has 0 bridgehead atoms. The van der Waals surface area contributed by atoms with Crippen LogP contribution in [0.2, 0.25) is 0 Å². The first-order chi connectivity index (χ1) is 5.27. The highest BCUT2D eigenvalue weighted by Crippen LogP contribution is 2.31. The molecule has 1 rings (SSSR count). The summed E-state index contributed by atoms with van der Waals surface area (Å²) in [5, 5.41) is 8.97. The van der Waals surface area contributed by atoms with E-state index in [4.69, 9.17) is 21.7 Å². The number of ether oxygens (including phenoxy) is 1. The predicted octanol–water partition coefficient (Wildman–Crippen LogP) is 1.93. The molecule has 0 aliphatic rings. The van der Waals surface area contributed by atoms with Crippen LogP contribution in [0.25, 0.3) is 0 Å². The largest absolute Gasteiger partial charge is 0.508 e. The third-order valence-corrected chi connectivity index (χ3v) is 1.40. The summed E-state index contributed by atoms with van der Waals surface area (Å²) in [5.41, 5.74) is 0. The number of aromatic hydroxyl groups is 1. The standard InChI is InChI=1S/C7H7ClO3/c1-10-6-3-2-5(9)4-7(6)11-8/h2-4,9H,1H3. The number of hydrogen-bond donors (Lipinski definition) is 1. The van der Waals surface area contributed by atoms with E-state index in [9.17, 15) is 0 Å². The van der Waals surface area contributed by atoms with Gasteiger partial charge >= 0.3 is 0 Å². The van der Waals surface area contributed by atoms with Crippen LogP contribution in [0.1, 0.15) is 0 Å². The maximum Gasteiger partial charge on any atom is 0.191 e. The third kappa shape index (κ3) is 1.68. The lowest BCUT2D eigenvalue weighted by atomic mass is 10.3. The van der Waals surface area contributed by atoms with Crippen molar-refractivity contribution in [1.29, 1.82) is 0 Å². The highest BCUT2D eigenvalue weighted by Gasteiger charge is 2.03. The highest BCUT2D eigenvalue weighted by atomic mass is 35.5. The van der Waals surface area contributed by atoms with Gasteiger partial charge < -0.3 is 14.1 Å². The van der Waals surface area contributed by atoms with Crippen LogP contribution in [0.5, 0.6) is 17.2 Å². The first-order valence-electron chi connectivity index (χ1n) is 2.93. The smallest absolute Gasteiger partial charge is 0.191 e. The van der Waals surface area contributed by atoms with Gasteiger partial charge in [0.1, 0.15) is 17.6 Å². The quantitative estimate of drug-likeness (QED) is 0.745. The molecule has 3 nitrogen and oxygen atoms in total. The van der Waals surface area contributed by atoms with Gasteiger partial charge in [0.25, 0.3) is 0 Å². The Morgan fingerprint density at radius 1 is 1.36 bits per heavy atom. The van der Waals surface area contributed by atoms with E-state index in [0.717, 1.165) is 0 Å². The molecule has 1 aromatic carbocycles. The summed E-state index contributed by atoms with van der Waals surface area (Å²) in [7, 11) is 1.49. The molecule has 11 heavy (non-hydrogen) atoms. The third-order valence-electron chi connectivity index (χ3n) is 1.23. The van der Waals surface area contributed by atoms with Gasteiger partial charge in [-0.2, -0.15) is 0 Å². The van der Waals surface area contributed by atoms with E-state index in [0.29, 0.717) is 11.5 Å². The highest BCUT2D eigenvalue weighted by molar-refractivity contribution is 6.09. The van der Waals surface area contributed by atoms with Crippen LogP contribution in [-0.4, -0.2) is 12.2 Å². The average molecular weight is 175 g/mol. The van der Waals surface area contributed by atoms with Gasteiger partial charge in [0.2, 0.25) is 0 Å². The maximum atomic E-state index is 8.97. The number of methoxy groups -OCH3 is 1. The average Bonchev–Trinajstić information content (AvgIpc) is 2.04. The lowest BCUT2D eigenvalue weighted by Crippen LogP contribution is -1.85. The summed E-state index contributed by atoms with van der Waals surface area (Å²) < 4.78 is 9.27. The molecule has 0 unspecified atom stereocenters. The molecule has 1 aromatic rings. The molecule has 0 heterocycles. The number of phenols is 1. The Balaban J connectivity index is 3.06. The van der Waals surface area contributed by atoms with Crippen molar-refractivity contribution in [1.82, 2.24) is 0 Å². The number of phenolic OH excluding ortho intramolecular Hbond substituents is 1. The Bertz CT molecular complexity index is 249. The Morgan fingerprint density at radius 3 is 2.64 bits per heavy atom. The van der Waals surface area contributed by atoms with Crippen LogP contribution in [0, 0.1) is 0 Å². The van der Waals surface area contributed by atoms with Crippen LogP contribution in [0.15, 0.2) is 18.2 Å². The van der Waals surface area contributed by atoms with Gasteiger partial charge in [-0.3, -0.25) is 0 Å². The van der Waals surface area contributed by atoms with E-state index in [1.54, 1.807) is 6.07 Å². The molecule has 0 aromatic heterocycles. The van der Waals surface area contributed by atoms with E-state index in [2.05, 4.69) is 4.29 Å². The fraction of sp³-hybridized carbons (Fsp3) is 0.143. The van der Waals surface area contributed by atoms with Crippen molar-refractivity contribution >= 4 is 11.9 Å². The van der Waals surface area contributed by atoms with Crippen molar-refractivity contribution in [3.05, 3.63) is 18.2 Å². The summed E-state index contributed by atoms with van der Waals surface area (Å²) in [4.78, 5) is 0. The Kier molecular flexibility index (Phi) is 2.44. The zero-order valence-corrected chi connectivity index (χ0v) is 6.63. The monoisotopic (exact) mass is 174 g/mol. The second-order valence-corrected chi connectivity index (χ2v) is 2.07. The molecule has 0 atom stereocenters. The zero-order valence-electron chi connectivity index (χ0n) is 5.87. The van der Waals surface area contributed by atoms with Crippen LogP contribution >= 0.6 is 11.9 Å². The van der Waals surface area contributed by atoms with Gasteiger partial charge in [-0.1, -0.05) is 0 Å². The second-order valence-electron chi connectivity index (χ2n) is 1.91. The van der Waals surface area contributed by atoms with E-state index < -0.39 is 0 Å². The molecule has 4 heteroatoms. The molecule has 1 N–H and O–H groups in total.